The topological polar surface area (TPSA) is 108 Å². The highest BCUT2D eigenvalue weighted by Gasteiger charge is 2.22. The molecule has 128 valence electrons. The van der Waals surface area contributed by atoms with Crippen LogP contribution in [0.1, 0.15) is 27.3 Å². The van der Waals surface area contributed by atoms with Crippen LogP contribution < -0.4 is 5.43 Å². The largest absolute Gasteiger partial charge is 0.463 e. The van der Waals surface area contributed by atoms with Gasteiger partial charge in [-0.3, -0.25) is 24.4 Å². The lowest BCUT2D eigenvalue weighted by Gasteiger charge is -2.08. The lowest BCUT2D eigenvalue weighted by Crippen LogP contribution is -2.10. The Hall–Kier alpha value is -2.81. The standard InChI is InChI=1S/C16H12BrN3O5/c1-8-14(20(23)24)9(2)19(18-8)5-10-3-12(17)4-13-15(22)11(6-21)7-25-16(10)13/h3-4,6-7H,5H2,1-2H3. The second-order valence-corrected chi connectivity index (χ2v) is 6.43. The number of aldehydes is 1. The number of benzene rings is 1. The summed E-state index contributed by atoms with van der Waals surface area (Å²) < 4.78 is 7.58. The zero-order valence-corrected chi connectivity index (χ0v) is 14.9. The van der Waals surface area contributed by atoms with Gasteiger partial charge in [0.05, 0.1) is 22.4 Å². The Bertz CT molecular complexity index is 1080. The van der Waals surface area contributed by atoms with Crippen molar-refractivity contribution in [1.29, 1.82) is 0 Å². The highest BCUT2D eigenvalue weighted by Crippen LogP contribution is 2.26. The zero-order valence-electron chi connectivity index (χ0n) is 13.3. The minimum absolute atomic E-state index is 0.0380. The van der Waals surface area contributed by atoms with Crippen LogP contribution in [0, 0.1) is 24.0 Å². The molecule has 8 nitrogen and oxygen atoms in total. The molecule has 2 aromatic heterocycles. The van der Waals surface area contributed by atoms with E-state index >= 15 is 0 Å². The molecule has 0 aliphatic heterocycles. The molecule has 0 aliphatic rings. The summed E-state index contributed by atoms with van der Waals surface area (Å²) >= 11 is 3.33. The Morgan fingerprint density at radius 3 is 2.72 bits per heavy atom. The number of hydrogen-bond acceptors (Lipinski definition) is 6. The van der Waals surface area contributed by atoms with Gasteiger partial charge in [-0.05, 0) is 26.0 Å². The van der Waals surface area contributed by atoms with E-state index in [0.717, 1.165) is 6.26 Å². The minimum atomic E-state index is -0.469. The fourth-order valence-corrected chi connectivity index (χ4v) is 3.26. The van der Waals surface area contributed by atoms with E-state index < -0.39 is 10.4 Å². The average molecular weight is 406 g/mol. The summed E-state index contributed by atoms with van der Waals surface area (Å²) in [6, 6.07) is 3.31. The van der Waals surface area contributed by atoms with Crippen LogP contribution in [-0.4, -0.2) is 21.0 Å². The SMILES string of the molecule is Cc1nn(Cc2cc(Br)cc3c(=O)c(C=O)coc23)c(C)c1[N+](=O)[O-]. The number of aryl methyl sites for hydroxylation is 1. The first-order valence-corrected chi connectivity index (χ1v) is 8.00. The molecule has 0 fully saturated rings. The van der Waals surface area contributed by atoms with Gasteiger partial charge in [0.15, 0.2) is 6.29 Å². The van der Waals surface area contributed by atoms with E-state index in [1.54, 1.807) is 26.0 Å². The van der Waals surface area contributed by atoms with Gasteiger partial charge in [-0.25, -0.2) is 0 Å². The monoisotopic (exact) mass is 405 g/mol. The Kier molecular flexibility index (Phi) is 4.25. The first-order valence-electron chi connectivity index (χ1n) is 7.21. The number of fused-ring (bicyclic) bond motifs is 1. The maximum atomic E-state index is 12.3. The van der Waals surface area contributed by atoms with Gasteiger partial charge in [0, 0.05) is 10.0 Å². The molecule has 0 amide bonds. The Balaban J connectivity index is 2.19. The van der Waals surface area contributed by atoms with E-state index in [1.807, 2.05) is 0 Å². The summed E-state index contributed by atoms with van der Waals surface area (Å²) in [5.41, 5.74) is 1.10. The molecule has 0 aliphatic carbocycles. The number of nitrogens with zero attached hydrogens (tertiary/aromatic N) is 3. The first kappa shape index (κ1) is 17.0. The quantitative estimate of drug-likeness (QED) is 0.374. The lowest BCUT2D eigenvalue weighted by molar-refractivity contribution is -0.386. The minimum Gasteiger partial charge on any atom is -0.463 e. The van der Waals surface area contributed by atoms with Crippen molar-refractivity contribution < 1.29 is 14.1 Å². The highest BCUT2D eigenvalue weighted by atomic mass is 79.9. The maximum absolute atomic E-state index is 12.3. The van der Waals surface area contributed by atoms with Crippen molar-refractivity contribution in [2.24, 2.45) is 0 Å². The van der Waals surface area contributed by atoms with Crippen LogP contribution in [0.4, 0.5) is 5.69 Å². The summed E-state index contributed by atoms with van der Waals surface area (Å²) in [5.74, 6) is 0. The van der Waals surface area contributed by atoms with Gasteiger partial charge in [0.2, 0.25) is 5.43 Å². The summed E-state index contributed by atoms with van der Waals surface area (Å²) in [7, 11) is 0. The molecule has 2 heterocycles. The molecule has 1 aromatic carbocycles. The molecule has 0 radical (unpaired) electrons. The molecule has 0 spiro atoms. The van der Waals surface area contributed by atoms with Crippen molar-refractivity contribution in [2.45, 2.75) is 20.4 Å². The second-order valence-electron chi connectivity index (χ2n) is 5.51. The summed E-state index contributed by atoms with van der Waals surface area (Å²) in [4.78, 5) is 33.9. The Morgan fingerprint density at radius 2 is 2.12 bits per heavy atom. The van der Waals surface area contributed by atoms with Crippen molar-refractivity contribution in [3.8, 4) is 0 Å². The molecule has 3 rings (SSSR count). The van der Waals surface area contributed by atoms with Crippen molar-refractivity contribution in [3.05, 3.63) is 65.7 Å². The van der Waals surface area contributed by atoms with Gasteiger partial charge >= 0.3 is 5.69 Å². The third-order valence-corrected chi connectivity index (χ3v) is 4.37. The van der Waals surface area contributed by atoms with Crippen LogP contribution in [0.15, 0.2) is 32.1 Å². The molecule has 25 heavy (non-hydrogen) atoms. The molecule has 0 saturated heterocycles. The average Bonchev–Trinajstić information content (AvgIpc) is 2.82. The highest BCUT2D eigenvalue weighted by molar-refractivity contribution is 9.10. The van der Waals surface area contributed by atoms with E-state index in [-0.39, 0.29) is 23.2 Å². The molecule has 0 saturated carbocycles. The number of hydrogen-bond donors (Lipinski definition) is 0. The predicted octanol–water partition coefficient (Wildman–Crippen LogP) is 3.14. The van der Waals surface area contributed by atoms with Crippen molar-refractivity contribution >= 4 is 38.9 Å². The predicted molar refractivity (Wildman–Crippen MR) is 93.0 cm³/mol. The van der Waals surface area contributed by atoms with Gasteiger partial charge in [-0.15, -0.1) is 0 Å². The normalized spacial score (nSPS) is 11.0. The van der Waals surface area contributed by atoms with Crippen LogP contribution >= 0.6 is 15.9 Å². The van der Waals surface area contributed by atoms with Crippen molar-refractivity contribution in [3.63, 3.8) is 0 Å². The lowest BCUT2D eigenvalue weighted by atomic mass is 10.1. The number of carbonyl (C=O) groups excluding carboxylic acids is 1. The first-order chi connectivity index (χ1) is 11.8. The van der Waals surface area contributed by atoms with E-state index in [4.69, 9.17) is 4.42 Å². The number of halogens is 1. The molecule has 0 atom stereocenters. The van der Waals surface area contributed by atoms with Crippen LogP contribution in [0.3, 0.4) is 0 Å². The molecule has 0 bridgehead atoms. The molecule has 9 heteroatoms. The molecular weight excluding hydrogens is 394 g/mol. The van der Waals surface area contributed by atoms with Crippen molar-refractivity contribution in [1.82, 2.24) is 9.78 Å². The number of aromatic nitrogens is 2. The molecular formula is C16H12BrN3O5. The maximum Gasteiger partial charge on any atom is 0.312 e. The molecule has 3 aromatic rings. The van der Waals surface area contributed by atoms with E-state index in [1.165, 1.54) is 4.68 Å². The second kappa shape index (κ2) is 6.25. The third-order valence-electron chi connectivity index (χ3n) is 3.91. The van der Waals surface area contributed by atoms with Crippen LogP contribution in [0.25, 0.3) is 11.0 Å². The summed E-state index contributed by atoms with van der Waals surface area (Å²) in [5, 5.41) is 15.6. The van der Waals surface area contributed by atoms with Crippen molar-refractivity contribution in [2.75, 3.05) is 0 Å². The number of nitro groups is 1. The van der Waals surface area contributed by atoms with Gasteiger partial charge < -0.3 is 4.42 Å². The van der Waals surface area contributed by atoms with E-state index in [2.05, 4.69) is 21.0 Å². The fraction of sp³-hybridized carbons (Fsp3) is 0.188. The fourth-order valence-electron chi connectivity index (χ4n) is 2.76. The van der Waals surface area contributed by atoms with Gasteiger partial charge in [-0.1, -0.05) is 15.9 Å². The Morgan fingerprint density at radius 1 is 1.40 bits per heavy atom. The molecule has 0 unspecified atom stereocenters. The van der Waals surface area contributed by atoms with Crippen LogP contribution in [-0.2, 0) is 6.54 Å². The van der Waals surface area contributed by atoms with Crippen LogP contribution in [0.5, 0.6) is 0 Å². The zero-order chi connectivity index (χ0) is 18.3. The van der Waals surface area contributed by atoms with E-state index in [9.17, 15) is 19.7 Å². The van der Waals surface area contributed by atoms with E-state index in [0.29, 0.717) is 33.3 Å². The summed E-state index contributed by atoms with van der Waals surface area (Å²) in [6.45, 7) is 3.36. The third kappa shape index (κ3) is 2.86. The number of carbonyl (C=O) groups is 1. The Labute approximate surface area is 149 Å². The summed E-state index contributed by atoms with van der Waals surface area (Å²) in [6.07, 6.45) is 1.55. The number of rotatable bonds is 4. The smallest absolute Gasteiger partial charge is 0.312 e. The van der Waals surface area contributed by atoms with Crippen LogP contribution in [0.2, 0.25) is 0 Å². The van der Waals surface area contributed by atoms with Gasteiger partial charge in [-0.2, -0.15) is 5.10 Å². The molecule has 0 N–H and O–H groups in total. The van der Waals surface area contributed by atoms with Gasteiger partial charge in [0.1, 0.15) is 23.2 Å². The van der Waals surface area contributed by atoms with Gasteiger partial charge in [0.25, 0.3) is 0 Å².